The van der Waals surface area contributed by atoms with Crippen LogP contribution < -0.4 is 10.6 Å². The average molecular weight is 341 g/mol. The number of urea groups is 1. The molecule has 2 amide bonds. The van der Waals surface area contributed by atoms with Crippen LogP contribution in [0, 0.1) is 4.77 Å². The molecule has 0 spiro atoms. The van der Waals surface area contributed by atoms with Crippen molar-refractivity contribution in [1.82, 2.24) is 25.1 Å². The predicted octanol–water partition coefficient (Wildman–Crippen LogP) is 2.93. The van der Waals surface area contributed by atoms with Gasteiger partial charge in [-0.3, -0.25) is 5.10 Å². The van der Waals surface area contributed by atoms with E-state index in [1.165, 1.54) is 0 Å². The summed E-state index contributed by atoms with van der Waals surface area (Å²) >= 11 is 11.1. The summed E-state index contributed by atoms with van der Waals surface area (Å²) in [5, 5.41) is 12.6. The van der Waals surface area contributed by atoms with Gasteiger partial charge in [0.2, 0.25) is 0 Å². The number of hydrogen-bond acceptors (Lipinski definition) is 4. The highest BCUT2D eigenvalue weighted by atomic mass is 35.5. The molecule has 7 nitrogen and oxygen atoms in total. The molecule has 0 aromatic carbocycles. The molecule has 0 aliphatic carbocycles. The third-order valence-electron chi connectivity index (χ3n) is 2.93. The number of nitrogens with zero attached hydrogens (tertiary/aromatic N) is 3. The molecule has 2 heterocycles. The van der Waals surface area contributed by atoms with Gasteiger partial charge in [-0.05, 0) is 24.4 Å². The van der Waals surface area contributed by atoms with Crippen LogP contribution in [0.25, 0.3) is 0 Å². The number of carbonyl (C=O) groups excluding carboxylic acids is 1. The number of aromatic nitrogens is 4. The molecular formula is C13H17ClN6OS. The summed E-state index contributed by atoms with van der Waals surface area (Å²) in [6.45, 7) is 5.02. The molecule has 0 bridgehead atoms. The molecule has 22 heavy (non-hydrogen) atoms. The summed E-state index contributed by atoms with van der Waals surface area (Å²) in [7, 11) is 0. The second-order valence-corrected chi connectivity index (χ2v) is 5.66. The van der Waals surface area contributed by atoms with Crippen LogP contribution >= 0.6 is 23.8 Å². The number of aromatic amines is 1. The maximum Gasteiger partial charge on any atom is 0.319 e. The quantitative estimate of drug-likeness (QED) is 0.577. The Morgan fingerprint density at radius 1 is 1.55 bits per heavy atom. The average Bonchev–Trinajstić information content (AvgIpc) is 2.83. The molecule has 0 aliphatic heterocycles. The second-order valence-electron chi connectivity index (χ2n) is 4.92. The summed E-state index contributed by atoms with van der Waals surface area (Å²) in [6.07, 6.45) is 1.56. The number of H-pyrrole nitrogens is 1. The fourth-order valence-electron chi connectivity index (χ4n) is 1.91. The molecule has 2 aromatic heterocycles. The molecule has 0 saturated carbocycles. The monoisotopic (exact) mass is 340 g/mol. The summed E-state index contributed by atoms with van der Waals surface area (Å²) in [6, 6.07) is 3.02. The Hall–Kier alpha value is -1.93. The lowest BCUT2D eigenvalue weighted by atomic mass is 10.2. The second kappa shape index (κ2) is 7.37. The van der Waals surface area contributed by atoms with Crippen molar-refractivity contribution in [3.63, 3.8) is 0 Å². The number of halogens is 1. The Kier molecular flexibility index (Phi) is 5.51. The van der Waals surface area contributed by atoms with Gasteiger partial charge in [0.1, 0.15) is 5.82 Å². The first-order chi connectivity index (χ1) is 10.5. The first kappa shape index (κ1) is 16.4. The van der Waals surface area contributed by atoms with Crippen molar-refractivity contribution in [3.8, 4) is 0 Å². The number of pyridine rings is 1. The Balaban J connectivity index is 1.89. The van der Waals surface area contributed by atoms with Gasteiger partial charge in [0.05, 0.1) is 5.69 Å². The van der Waals surface area contributed by atoms with Gasteiger partial charge >= 0.3 is 6.03 Å². The van der Waals surface area contributed by atoms with E-state index in [0.717, 1.165) is 5.82 Å². The third kappa shape index (κ3) is 4.05. The predicted molar refractivity (Wildman–Crippen MR) is 87.8 cm³/mol. The number of hydrogen-bond donors (Lipinski definition) is 3. The van der Waals surface area contributed by atoms with Crippen molar-refractivity contribution < 1.29 is 4.79 Å². The van der Waals surface area contributed by atoms with Gasteiger partial charge in [-0.25, -0.2) is 9.78 Å². The van der Waals surface area contributed by atoms with E-state index in [9.17, 15) is 4.79 Å². The Labute approximate surface area is 138 Å². The van der Waals surface area contributed by atoms with Gasteiger partial charge in [-0.2, -0.15) is 5.10 Å². The molecule has 3 N–H and O–H groups in total. The highest BCUT2D eigenvalue weighted by Gasteiger charge is 2.10. The number of carbonyl (C=O) groups is 1. The molecule has 0 fully saturated rings. The standard InChI is InChI=1S/C13H17ClN6OS/c1-8(2)11-18-19-13(22)20(11)7-6-16-12(21)17-9-4-3-5-15-10(9)14/h3-5,8H,6-7H2,1-2H3,(H,19,22)(H2,16,17,21). The number of rotatable bonds is 5. The van der Waals surface area contributed by atoms with E-state index in [2.05, 4.69) is 25.8 Å². The van der Waals surface area contributed by atoms with Gasteiger partial charge in [0.25, 0.3) is 0 Å². The number of anilines is 1. The summed E-state index contributed by atoms with van der Waals surface area (Å²) < 4.78 is 2.42. The van der Waals surface area contributed by atoms with Crippen LogP contribution in [0.1, 0.15) is 25.6 Å². The van der Waals surface area contributed by atoms with Crippen LogP contribution in [0.4, 0.5) is 10.5 Å². The molecular weight excluding hydrogens is 324 g/mol. The van der Waals surface area contributed by atoms with Gasteiger partial charge in [-0.1, -0.05) is 25.4 Å². The zero-order valence-corrected chi connectivity index (χ0v) is 13.8. The zero-order valence-electron chi connectivity index (χ0n) is 12.3. The topological polar surface area (TPSA) is 87.6 Å². The van der Waals surface area contributed by atoms with Gasteiger partial charge in [-0.15, -0.1) is 0 Å². The molecule has 0 unspecified atom stereocenters. The summed E-state index contributed by atoms with van der Waals surface area (Å²) in [4.78, 5) is 15.7. The third-order valence-corrected chi connectivity index (χ3v) is 3.55. The van der Waals surface area contributed by atoms with Crippen LogP contribution in [-0.4, -0.2) is 32.3 Å². The maximum absolute atomic E-state index is 11.8. The van der Waals surface area contributed by atoms with Crippen molar-refractivity contribution in [2.75, 3.05) is 11.9 Å². The molecule has 118 valence electrons. The van der Waals surface area contributed by atoms with Crippen LogP contribution in [0.3, 0.4) is 0 Å². The summed E-state index contributed by atoms with van der Waals surface area (Å²) in [5.41, 5.74) is 0.462. The number of nitrogens with one attached hydrogen (secondary N) is 3. The van der Waals surface area contributed by atoms with E-state index in [0.29, 0.717) is 23.5 Å². The normalized spacial score (nSPS) is 10.7. The minimum atomic E-state index is -0.351. The zero-order chi connectivity index (χ0) is 16.1. The Bertz CT molecular complexity index is 711. The Morgan fingerprint density at radius 2 is 2.32 bits per heavy atom. The van der Waals surface area contributed by atoms with E-state index >= 15 is 0 Å². The first-order valence-electron chi connectivity index (χ1n) is 6.79. The van der Waals surface area contributed by atoms with Gasteiger partial charge in [0.15, 0.2) is 9.92 Å². The SMILES string of the molecule is CC(C)c1n[nH]c(=S)n1CCNC(=O)Nc1cccnc1Cl. The van der Waals surface area contributed by atoms with Crippen LogP contribution in [0.5, 0.6) is 0 Å². The highest BCUT2D eigenvalue weighted by molar-refractivity contribution is 7.71. The molecule has 0 radical (unpaired) electrons. The molecule has 9 heteroatoms. The van der Waals surface area contributed by atoms with Crippen molar-refractivity contribution in [2.24, 2.45) is 0 Å². The number of amides is 2. The summed E-state index contributed by atoms with van der Waals surface area (Å²) in [5.74, 6) is 1.11. The lowest BCUT2D eigenvalue weighted by Gasteiger charge is -2.11. The fraction of sp³-hybridized carbons (Fsp3) is 0.385. The molecule has 0 atom stereocenters. The molecule has 0 aliphatic rings. The minimum Gasteiger partial charge on any atom is -0.336 e. The van der Waals surface area contributed by atoms with E-state index < -0.39 is 0 Å². The van der Waals surface area contributed by atoms with Crippen molar-refractivity contribution >= 4 is 35.5 Å². The largest absolute Gasteiger partial charge is 0.336 e. The van der Waals surface area contributed by atoms with Gasteiger partial charge < -0.3 is 15.2 Å². The van der Waals surface area contributed by atoms with Crippen molar-refractivity contribution in [3.05, 3.63) is 34.1 Å². The lowest BCUT2D eigenvalue weighted by Crippen LogP contribution is -2.32. The Morgan fingerprint density at radius 3 is 3.00 bits per heavy atom. The van der Waals surface area contributed by atoms with Crippen LogP contribution in [0.2, 0.25) is 5.15 Å². The lowest BCUT2D eigenvalue weighted by molar-refractivity contribution is 0.251. The van der Waals surface area contributed by atoms with Crippen molar-refractivity contribution in [2.45, 2.75) is 26.3 Å². The van der Waals surface area contributed by atoms with Gasteiger partial charge in [0, 0.05) is 25.2 Å². The van der Waals surface area contributed by atoms with E-state index in [1.54, 1.807) is 18.3 Å². The molecule has 2 rings (SSSR count). The molecule has 2 aromatic rings. The van der Waals surface area contributed by atoms with Crippen molar-refractivity contribution in [1.29, 1.82) is 0 Å². The van der Waals surface area contributed by atoms with Crippen LogP contribution in [0.15, 0.2) is 18.3 Å². The van der Waals surface area contributed by atoms with E-state index in [1.807, 2.05) is 18.4 Å². The minimum absolute atomic E-state index is 0.246. The highest BCUT2D eigenvalue weighted by Crippen LogP contribution is 2.17. The fourth-order valence-corrected chi connectivity index (χ4v) is 2.31. The first-order valence-corrected chi connectivity index (χ1v) is 7.58. The smallest absolute Gasteiger partial charge is 0.319 e. The maximum atomic E-state index is 11.8. The van der Waals surface area contributed by atoms with E-state index in [4.69, 9.17) is 23.8 Å². The van der Waals surface area contributed by atoms with Crippen LogP contribution in [-0.2, 0) is 6.54 Å². The molecule has 0 saturated heterocycles. The van der Waals surface area contributed by atoms with E-state index in [-0.39, 0.29) is 17.1 Å².